The molecule has 3 aromatic carbocycles. The predicted molar refractivity (Wildman–Crippen MR) is 141 cm³/mol. The number of H-pyrrole nitrogens is 1. The number of amides is 1. The minimum atomic E-state index is -4.77. The number of ether oxygens (including phenoxy) is 2. The van der Waals surface area contributed by atoms with Crippen molar-refractivity contribution in [2.45, 2.75) is 50.5 Å². The van der Waals surface area contributed by atoms with Gasteiger partial charge in [0.15, 0.2) is 0 Å². The molecule has 1 aliphatic carbocycles. The number of nitrogens with zero attached hydrogens (tertiary/aromatic N) is 1. The lowest BCUT2D eigenvalue weighted by Crippen LogP contribution is -2.28. The number of fused-ring (bicyclic) bond motifs is 1. The second-order valence-electron chi connectivity index (χ2n) is 9.51. The third-order valence-corrected chi connectivity index (χ3v) is 6.78. The van der Waals surface area contributed by atoms with E-state index in [2.05, 4.69) is 16.4 Å². The van der Waals surface area contributed by atoms with Gasteiger partial charge in [0.25, 0.3) is 0 Å². The molecule has 0 saturated heterocycles. The average Bonchev–Trinajstić information content (AvgIpc) is 3.30. The number of halogens is 3. The first kappa shape index (κ1) is 26.2. The van der Waals surface area contributed by atoms with Gasteiger partial charge in [-0.2, -0.15) is 18.4 Å². The first-order valence-corrected chi connectivity index (χ1v) is 12.7. The summed E-state index contributed by atoms with van der Waals surface area (Å²) in [6, 6.07) is 21.2. The Balaban J connectivity index is 1.31. The first-order chi connectivity index (χ1) is 18.8. The van der Waals surface area contributed by atoms with Gasteiger partial charge in [0.1, 0.15) is 11.8 Å². The molecule has 0 spiro atoms. The third-order valence-electron chi connectivity index (χ3n) is 6.78. The Morgan fingerprint density at radius 1 is 1.00 bits per heavy atom. The molecule has 200 valence electrons. The second kappa shape index (κ2) is 11.1. The molecule has 0 aliphatic heterocycles. The normalized spacial score (nSPS) is 14.9. The Kier molecular flexibility index (Phi) is 7.46. The number of benzene rings is 3. The number of nitriles is 1. The van der Waals surface area contributed by atoms with Crippen molar-refractivity contribution < 1.29 is 27.4 Å². The number of anilines is 1. The number of aromatic amines is 1. The fraction of sp³-hybridized carbons (Fsp3) is 0.267. The lowest BCUT2D eigenvalue weighted by Gasteiger charge is -2.22. The molecule has 6 nitrogen and oxygen atoms in total. The summed E-state index contributed by atoms with van der Waals surface area (Å²) in [4.78, 5) is 15.6. The van der Waals surface area contributed by atoms with Crippen molar-refractivity contribution in [3.63, 3.8) is 0 Å². The summed E-state index contributed by atoms with van der Waals surface area (Å²) in [6.45, 7) is 0. The van der Waals surface area contributed by atoms with Gasteiger partial charge in [0.05, 0.1) is 22.9 Å². The highest BCUT2D eigenvalue weighted by Crippen LogP contribution is 2.36. The van der Waals surface area contributed by atoms with Crippen LogP contribution in [0.25, 0.3) is 22.2 Å². The molecule has 1 aliphatic rings. The van der Waals surface area contributed by atoms with Gasteiger partial charge in [-0.05, 0) is 55.5 Å². The maximum absolute atomic E-state index is 13.5. The van der Waals surface area contributed by atoms with Crippen LogP contribution in [0.15, 0.2) is 72.8 Å². The fourth-order valence-electron chi connectivity index (χ4n) is 4.88. The molecule has 9 heteroatoms. The zero-order valence-corrected chi connectivity index (χ0v) is 20.9. The summed E-state index contributed by atoms with van der Waals surface area (Å²) in [5.74, 6) is 0.748. The molecule has 1 unspecified atom stereocenters. The quantitative estimate of drug-likeness (QED) is 0.261. The van der Waals surface area contributed by atoms with Crippen LogP contribution in [0.4, 0.5) is 23.7 Å². The van der Waals surface area contributed by atoms with Gasteiger partial charge in [0, 0.05) is 22.7 Å². The molecule has 1 heterocycles. The van der Waals surface area contributed by atoms with Crippen LogP contribution in [-0.4, -0.2) is 23.4 Å². The number of carbonyl (C=O) groups excluding carboxylic acids is 1. The van der Waals surface area contributed by atoms with E-state index in [9.17, 15) is 23.2 Å². The van der Waals surface area contributed by atoms with Crippen molar-refractivity contribution in [1.82, 2.24) is 4.98 Å². The molecule has 1 saturated carbocycles. The number of carbonyl (C=O) groups is 1. The highest BCUT2D eigenvalue weighted by Gasteiger charge is 2.44. The summed E-state index contributed by atoms with van der Waals surface area (Å²) in [6.07, 6.45) is -2.56. The SMILES string of the molecule is N#Cc1c(-c2ccc(NC(=O)OC(c3ccccc3)C(F)(F)F)cc2)[nH]c2cc(OC3CCCCC3)ccc12. The zero-order valence-electron chi connectivity index (χ0n) is 20.9. The highest BCUT2D eigenvalue weighted by atomic mass is 19.4. The average molecular weight is 534 g/mol. The van der Waals surface area contributed by atoms with E-state index in [1.807, 2.05) is 18.2 Å². The highest BCUT2D eigenvalue weighted by molar-refractivity contribution is 5.94. The van der Waals surface area contributed by atoms with Gasteiger partial charge in [-0.25, -0.2) is 4.79 Å². The van der Waals surface area contributed by atoms with Crippen molar-refractivity contribution in [3.05, 3.63) is 83.9 Å². The van der Waals surface area contributed by atoms with E-state index < -0.39 is 18.4 Å². The van der Waals surface area contributed by atoms with Gasteiger partial charge in [-0.1, -0.05) is 48.9 Å². The molecule has 1 aromatic heterocycles. The molecule has 2 N–H and O–H groups in total. The van der Waals surface area contributed by atoms with Crippen LogP contribution in [0.3, 0.4) is 0 Å². The fourth-order valence-corrected chi connectivity index (χ4v) is 4.88. The van der Waals surface area contributed by atoms with E-state index in [1.165, 1.54) is 42.8 Å². The maximum atomic E-state index is 13.5. The molecule has 1 fully saturated rings. The molecule has 1 amide bonds. The van der Waals surface area contributed by atoms with Gasteiger partial charge < -0.3 is 14.5 Å². The van der Waals surface area contributed by atoms with E-state index in [-0.39, 0.29) is 17.4 Å². The van der Waals surface area contributed by atoms with Gasteiger partial charge in [-0.15, -0.1) is 0 Å². The molecular formula is C30H26F3N3O3. The van der Waals surface area contributed by atoms with Crippen molar-refractivity contribution in [2.24, 2.45) is 0 Å². The van der Waals surface area contributed by atoms with E-state index in [4.69, 9.17) is 9.47 Å². The zero-order chi connectivity index (χ0) is 27.4. The Bertz CT molecular complexity index is 1490. The number of rotatable bonds is 6. The number of hydrogen-bond donors (Lipinski definition) is 2. The summed E-state index contributed by atoms with van der Waals surface area (Å²) < 4.78 is 51.4. The Morgan fingerprint density at radius 3 is 2.38 bits per heavy atom. The molecule has 1 atom stereocenters. The van der Waals surface area contributed by atoms with E-state index in [1.54, 1.807) is 18.2 Å². The summed E-state index contributed by atoms with van der Waals surface area (Å²) in [5.41, 5.74) is 2.57. The third kappa shape index (κ3) is 6.01. The van der Waals surface area contributed by atoms with E-state index >= 15 is 0 Å². The summed E-state index contributed by atoms with van der Waals surface area (Å²) >= 11 is 0. The predicted octanol–water partition coefficient (Wildman–Crippen LogP) is 8.27. The van der Waals surface area contributed by atoms with Gasteiger partial charge in [-0.3, -0.25) is 5.32 Å². The van der Waals surface area contributed by atoms with Crippen molar-refractivity contribution >= 4 is 22.7 Å². The van der Waals surface area contributed by atoms with Crippen molar-refractivity contribution in [3.8, 4) is 23.1 Å². The van der Waals surface area contributed by atoms with Gasteiger partial charge in [0.2, 0.25) is 6.10 Å². The van der Waals surface area contributed by atoms with Crippen LogP contribution in [0.1, 0.15) is 49.3 Å². The molecule has 0 bridgehead atoms. The molecule has 5 rings (SSSR count). The Morgan fingerprint density at radius 2 is 1.72 bits per heavy atom. The van der Waals surface area contributed by atoms with E-state index in [0.717, 1.165) is 42.3 Å². The lowest BCUT2D eigenvalue weighted by atomic mass is 9.98. The van der Waals surface area contributed by atoms with Crippen LogP contribution in [0, 0.1) is 11.3 Å². The first-order valence-electron chi connectivity index (χ1n) is 12.7. The summed E-state index contributed by atoms with van der Waals surface area (Å²) in [7, 11) is 0. The lowest BCUT2D eigenvalue weighted by molar-refractivity contribution is -0.205. The Labute approximate surface area is 223 Å². The number of alkyl halides is 3. The monoisotopic (exact) mass is 533 g/mol. The molecule has 4 aromatic rings. The second-order valence-corrected chi connectivity index (χ2v) is 9.51. The Hall–Kier alpha value is -4.45. The molecular weight excluding hydrogens is 507 g/mol. The van der Waals surface area contributed by atoms with Crippen LogP contribution in [-0.2, 0) is 4.74 Å². The molecule has 0 radical (unpaired) electrons. The number of nitrogens with one attached hydrogen (secondary N) is 2. The van der Waals surface area contributed by atoms with Crippen LogP contribution in [0.2, 0.25) is 0 Å². The minimum Gasteiger partial charge on any atom is -0.490 e. The summed E-state index contributed by atoms with van der Waals surface area (Å²) in [5, 5.41) is 12.9. The van der Waals surface area contributed by atoms with Gasteiger partial charge >= 0.3 is 12.3 Å². The number of aromatic nitrogens is 1. The topological polar surface area (TPSA) is 87.1 Å². The largest absolute Gasteiger partial charge is 0.490 e. The van der Waals surface area contributed by atoms with Crippen molar-refractivity contribution in [2.75, 3.05) is 5.32 Å². The maximum Gasteiger partial charge on any atom is 0.429 e. The van der Waals surface area contributed by atoms with Crippen molar-refractivity contribution in [1.29, 1.82) is 5.26 Å². The van der Waals surface area contributed by atoms with Crippen LogP contribution < -0.4 is 10.1 Å². The molecule has 39 heavy (non-hydrogen) atoms. The smallest absolute Gasteiger partial charge is 0.429 e. The number of hydrogen-bond acceptors (Lipinski definition) is 4. The van der Waals surface area contributed by atoms with Crippen LogP contribution >= 0.6 is 0 Å². The van der Waals surface area contributed by atoms with E-state index in [0.29, 0.717) is 16.8 Å². The standard InChI is InChI=1S/C30H26F3N3O3/c31-30(32,33)28(20-7-3-1-4-8-20)39-29(37)35-21-13-11-19(12-14-21)27-25(18-34)24-16-15-23(17-26(24)36-27)38-22-9-5-2-6-10-22/h1,3-4,7-8,11-17,22,28,36H,2,5-6,9-10H2,(H,35,37). The van der Waals surface area contributed by atoms with Crippen LogP contribution in [0.5, 0.6) is 5.75 Å². The minimum absolute atomic E-state index is 0.175.